The van der Waals surface area contributed by atoms with Crippen molar-refractivity contribution in [2.24, 2.45) is 11.3 Å². The van der Waals surface area contributed by atoms with Crippen LogP contribution >= 0.6 is 0 Å². The SMILES string of the molecule is CC1CCNC1C(=O)NCC1(C)CCOCC1. The number of ether oxygens (including phenoxy) is 1. The molecular weight excluding hydrogens is 216 g/mol. The van der Waals surface area contributed by atoms with Crippen molar-refractivity contribution in [3.63, 3.8) is 0 Å². The van der Waals surface area contributed by atoms with Gasteiger partial charge in [-0.1, -0.05) is 13.8 Å². The number of hydrogen-bond acceptors (Lipinski definition) is 3. The van der Waals surface area contributed by atoms with Crippen molar-refractivity contribution in [2.45, 2.75) is 39.2 Å². The third-order valence-corrected chi connectivity index (χ3v) is 4.20. The van der Waals surface area contributed by atoms with Crippen LogP contribution in [0.3, 0.4) is 0 Å². The van der Waals surface area contributed by atoms with Gasteiger partial charge in [-0.2, -0.15) is 0 Å². The minimum absolute atomic E-state index is 0.0124. The molecule has 0 aliphatic carbocycles. The Kier molecular flexibility index (Phi) is 4.05. The minimum Gasteiger partial charge on any atom is -0.381 e. The largest absolute Gasteiger partial charge is 0.381 e. The van der Waals surface area contributed by atoms with Crippen molar-refractivity contribution < 1.29 is 9.53 Å². The van der Waals surface area contributed by atoms with E-state index in [1.54, 1.807) is 0 Å². The van der Waals surface area contributed by atoms with Gasteiger partial charge in [0.05, 0.1) is 6.04 Å². The molecule has 0 saturated carbocycles. The predicted molar refractivity (Wildman–Crippen MR) is 66.7 cm³/mol. The number of amides is 1. The maximum Gasteiger partial charge on any atom is 0.237 e. The second-order valence-electron chi connectivity index (χ2n) is 5.84. The standard InChI is InChI=1S/C13H24N2O2/c1-10-3-6-14-11(10)12(16)15-9-13(2)4-7-17-8-5-13/h10-11,14H,3-9H2,1-2H3,(H,15,16). The summed E-state index contributed by atoms with van der Waals surface area (Å²) in [5.41, 5.74) is 0.218. The number of hydrogen-bond donors (Lipinski definition) is 2. The smallest absolute Gasteiger partial charge is 0.237 e. The van der Waals surface area contributed by atoms with Crippen LogP contribution in [0.15, 0.2) is 0 Å². The van der Waals surface area contributed by atoms with Crippen LogP contribution in [0.5, 0.6) is 0 Å². The first-order valence-corrected chi connectivity index (χ1v) is 6.70. The molecule has 4 heteroatoms. The van der Waals surface area contributed by atoms with Crippen LogP contribution in [0.2, 0.25) is 0 Å². The van der Waals surface area contributed by atoms with E-state index in [-0.39, 0.29) is 17.4 Å². The molecule has 0 radical (unpaired) electrons. The van der Waals surface area contributed by atoms with Crippen LogP contribution in [-0.2, 0) is 9.53 Å². The van der Waals surface area contributed by atoms with E-state index >= 15 is 0 Å². The lowest BCUT2D eigenvalue weighted by molar-refractivity contribution is -0.124. The van der Waals surface area contributed by atoms with Crippen molar-refractivity contribution >= 4 is 5.91 Å². The van der Waals surface area contributed by atoms with Crippen LogP contribution in [0.4, 0.5) is 0 Å². The molecule has 2 saturated heterocycles. The summed E-state index contributed by atoms with van der Waals surface area (Å²) in [5, 5.41) is 6.38. The summed E-state index contributed by atoms with van der Waals surface area (Å²) in [6.07, 6.45) is 3.19. The Bertz CT molecular complexity index is 275. The van der Waals surface area contributed by atoms with Gasteiger partial charge in [0.2, 0.25) is 5.91 Å². The van der Waals surface area contributed by atoms with E-state index in [4.69, 9.17) is 4.74 Å². The zero-order valence-corrected chi connectivity index (χ0v) is 10.9. The molecule has 0 aromatic heterocycles. The Morgan fingerprint density at radius 3 is 2.76 bits per heavy atom. The van der Waals surface area contributed by atoms with Crippen LogP contribution in [0.25, 0.3) is 0 Å². The number of nitrogens with one attached hydrogen (secondary N) is 2. The Balaban J connectivity index is 1.79. The minimum atomic E-state index is 0.0124. The van der Waals surface area contributed by atoms with Gasteiger partial charge in [-0.15, -0.1) is 0 Å². The lowest BCUT2D eigenvalue weighted by atomic mass is 9.82. The second kappa shape index (κ2) is 5.36. The molecule has 0 aromatic carbocycles. The molecule has 0 aromatic rings. The first-order chi connectivity index (χ1) is 8.11. The van der Waals surface area contributed by atoms with Gasteiger partial charge in [-0.05, 0) is 37.1 Å². The van der Waals surface area contributed by atoms with E-state index in [0.717, 1.165) is 45.6 Å². The molecule has 1 amide bonds. The van der Waals surface area contributed by atoms with E-state index < -0.39 is 0 Å². The lowest BCUT2D eigenvalue weighted by Gasteiger charge is -2.34. The van der Waals surface area contributed by atoms with Gasteiger partial charge in [-0.25, -0.2) is 0 Å². The van der Waals surface area contributed by atoms with Gasteiger partial charge in [-0.3, -0.25) is 4.79 Å². The molecular formula is C13H24N2O2. The fourth-order valence-corrected chi connectivity index (χ4v) is 2.64. The highest BCUT2D eigenvalue weighted by Gasteiger charge is 2.32. The van der Waals surface area contributed by atoms with Crippen molar-refractivity contribution in [1.29, 1.82) is 0 Å². The Hall–Kier alpha value is -0.610. The maximum atomic E-state index is 12.0. The fourth-order valence-electron chi connectivity index (χ4n) is 2.64. The highest BCUT2D eigenvalue weighted by Crippen LogP contribution is 2.28. The number of rotatable bonds is 3. The molecule has 2 rings (SSSR count). The molecule has 2 aliphatic heterocycles. The molecule has 0 bridgehead atoms. The summed E-state index contributed by atoms with van der Waals surface area (Å²) in [6.45, 7) is 7.76. The van der Waals surface area contributed by atoms with E-state index in [0.29, 0.717) is 5.92 Å². The van der Waals surface area contributed by atoms with Gasteiger partial charge in [0, 0.05) is 19.8 Å². The molecule has 17 heavy (non-hydrogen) atoms. The molecule has 2 unspecified atom stereocenters. The third kappa shape index (κ3) is 3.19. The first kappa shape index (κ1) is 12.8. The van der Waals surface area contributed by atoms with Crippen molar-refractivity contribution in [2.75, 3.05) is 26.3 Å². The summed E-state index contributed by atoms with van der Waals surface area (Å²) in [5.74, 6) is 0.625. The summed E-state index contributed by atoms with van der Waals surface area (Å²) >= 11 is 0. The average molecular weight is 240 g/mol. The molecule has 0 spiro atoms. The molecule has 2 aliphatic rings. The van der Waals surface area contributed by atoms with E-state index in [1.165, 1.54) is 0 Å². The van der Waals surface area contributed by atoms with E-state index in [1.807, 2.05) is 0 Å². The molecule has 4 nitrogen and oxygen atoms in total. The highest BCUT2D eigenvalue weighted by molar-refractivity contribution is 5.82. The van der Waals surface area contributed by atoms with Crippen molar-refractivity contribution in [1.82, 2.24) is 10.6 Å². The molecule has 2 fully saturated rings. The number of carbonyl (C=O) groups is 1. The van der Waals surface area contributed by atoms with Gasteiger partial charge in [0.15, 0.2) is 0 Å². The summed E-state index contributed by atoms with van der Waals surface area (Å²) < 4.78 is 5.36. The number of carbonyl (C=O) groups excluding carboxylic acids is 1. The fraction of sp³-hybridized carbons (Fsp3) is 0.923. The van der Waals surface area contributed by atoms with Crippen molar-refractivity contribution in [3.05, 3.63) is 0 Å². The summed E-state index contributed by atoms with van der Waals surface area (Å²) in [7, 11) is 0. The normalized spacial score (nSPS) is 32.4. The monoisotopic (exact) mass is 240 g/mol. The summed E-state index contributed by atoms with van der Waals surface area (Å²) in [6, 6.07) is 0.0124. The van der Waals surface area contributed by atoms with E-state index in [9.17, 15) is 4.79 Å². The van der Waals surface area contributed by atoms with Gasteiger partial charge in [0.25, 0.3) is 0 Å². The first-order valence-electron chi connectivity index (χ1n) is 6.70. The van der Waals surface area contributed by atoms with E-state index in [2.05, 4.69) is 24.5 Å². The van der Waals surface area contributed by atoms with Crippen LogP contribution in [-0.4, -0.2) is 38.3 Å². The molecule has 2 N–H and O–H groups in total. The summed E-state index contributed by atoms with van der Waals surface area (Å²) in [4.78, 5) is 12.0. The van der Waals surface area contributed by atoms with Gasteiger partial charge in [0.1, 0.15) is 0 Å². The Labute approximate surface area is 103 Å². The topological polar surface area (TPSA) is 50.4 Å². The van der Waals surface area contributed by atoms with Crippen molar-refractivity contribution in [3.8, 4) is 0 Å². The maximum absolute atomic E-state index is 12.0. The molecule has 2 heterocycles. The second-order valence-corrected chi connectivity index (χ2v) is 5.84. The lowest BCUT2D eigenvalue weighted by Crippen LogP contribution is -2.47. The third-order valence-electron chi connectivity index (χ3n) is 4.20. The predicted octanol–water partition coefficient (Wildman–Crippen LogP) is 0.917. The Morgan fingerprint density at radius 2 is 2.18 bits per heavy atom. The molecule has 98 valence electrons. The average Bonchev–Trinajstić information content (AvgIpc) is 2.74. The molecule has 2 atom stereocenters. The van der Waals surface area contributed by atoms with Gasteiger partial charge >= 0.3 is 0 Å². The quantitative estimate of drug-likeness (QED) is 0.771. The van der Waals surface area contributed by atoms with Gasteiger partial charge < -0.3 is 15.4 Å². The van der Waals surface area contributed by atoms with Crippen LogP contribution in [0, 0.1) is 11.3 Å². The zero-order valence-electron chi connectivity index (χ0n) is 10.9. The Morgan fingerprint density at radius 1 is 1.47 bits per heavy atom. The highest BCUT2D eigenvalue weighted by atomic mass is 16.5. The zero-order chi connectivity index (χ0) is 12.3. The van der Waals surface area contributed by atoms with Crippen LogP contribution in [0.1, 0.15) is 33.1 Å². The van der Waals surface area contributed by atoms with Crippen LogP contribution < -0.4 is 10.6 Å².